The Hall–Kier alpha value is -1.70. The van der Waals surface area contributed by atoms with Gasteiger partial charge < -0.3 is 0 Å². The van der Waals surface area contributed by atoms with Crippen molar-refractivity contribution in [1.82, 2.24) is 4.98 Å². The molecule has 1 aromatic heterocycles. The Balaban J connectivity index is 2.44. The molecule has 0 amide bonds. The van der Waals surface area contributed by atoms with Gasteiger partial charge in [0.25, 0.3) is 0 Å². The van der Waals surface area contributed by atoms with Crippen molar-refractivity contribution in [2.24, 2.45) is 0 Å². The predicted octanol–water partition coefficient (Wildman–Crippen LogP) is 3.45. The van der Waals surface area contributed by atoms with Crippen LogP contribution in [0.1, 0.15) is 12.5 Å². The number of halogens is 1. The van der Waals surface area contributed by atoms with Crippen molar-refractivity contribution in [3.63, 3.8) is 0 Å². The summed E-state index contributed by atoms with van der Waals surface area (Å²) >= 11 is 0. The molecule has 0 N–H and O–H groups in total. The molecule has 15 heavy (non-hydrogen) atoms. The molecular weight excluding hydrogens is 189 g/mol. The molecule has 1 nitrogen and oxygen atoms in total. The highest BCUT2D eigenvalue weighted by atomic mass is 19.1. The Labute approximate surface area is 88.6 Å². The van der Waals surface area contributed by atoms with Crippen LogP contribution in [0, 0.1) is 5.82 Å². The van der Waals surface area contributed by atoms with Crippen molar-refractivity contribution < 1.29 is 4.39 Å². The van der Waals surface area contributed by atoms with Crippen LogP contribution < -0.4 is 0 Å². The summed E-state index contributed by atoms with van der Waals surface area (Å²) in [6.45, 7) is 2.08. The minimum absolute atomic E-state index is 0.214. The summed E-state index contributed by atoms with van der Waals surface area (Å²) in [4.78, 5) is 4.14. The normalized spacial score (nSPS) is 10.3. The predicted molar refractivity (Wildman–Crippen MR) is 59.0 cm³/mol. The zero-order chi connectivity index (χ0) is 10.7. The van der Waals surface area contributed by atoms with Gasteiger partial charge >= 0.3 is 0 Å². The maximum Gasteiger partial charge on any atom is 0.123 e. The van der Waals surface area contributed by atoms with Crippen LogP contribution in [0.5, 0.6) is 0 Å². The third kappa shape index (κ3) is 2.21. The first-order valence-corrected chi connectivity index (χ1v) is 4.99. The SMILES string of the molecule is CCc1cncc(-c2cccc(F)c2)c1. The third-order valence-corrected chi connectivity index (χ3v) is 2.36. The summed E-state index contributed by atoms with van der Waals surface area (Å²) in [6.07, 6.45) is 4.53. The highest BCUT2D eigenvalue weighted by Crippen LogP contribution is 2.20. The van der Waals surface area contributed by atoms with E-state index in [9.17, 15) is 4.39 Å². The summed E-state index contributed by atoms with van der Waals surface area (Å²) < 4.78 is 13.0. The second kappa shape index (κ2) is 4.22. The van der Waals surface area contributed by atoms with Gasteiger partial charge in [0.1, 0.15) is 5.82 Å². The van der Waals surface area contributed by atoms with E-state index in [0.717, 1.165) is 23.1 Å². The largest absolute Gasteiger partial charge is 0.264 e. The van der Waals surface area contributed by atoms with Crippen LogP contribution in [0.15, 0.2) is 42.7 Å². The van der Waals surface area contributed by atoms with E-state index in [1.165, 1.54) is 12.1 Å². The Bertz CT molecular complexity index is 466. The first-order chi connectivity index (χ1) is 7.29. The number of rotatable bonds is 2. The molecule has 0 aliphatic rings. The molecule has 0 spiro atoms. The molecule has 0 saturated heterocycles. The van der Waals surface area contributed by atoms with Crippen LogP contribution in [0.2, 0.25) is 0 Å². The van der Waals surface area contributed by atoms with Gasteiger partial charge in [-0.05, 0) is 35.7 Å². The van der Waals surface area contributed by atoms with Gasteiger partial charge in [-0.1, -0.05) is 19.1 Å². The smallest absolute Gasteiger partial charge is 0.123 e. The number of aryl methyl sites for hydroxylation is 1. The van der Waals surface area contributed by atoms with Crippen LogP contribution in [0.3, 0.4) is 0 Å². The Morgan fingerprint density at radius 1 is 1.13 bits per heavy atom. The summed E-state index contributed by atoms with van der Waals surface area (Å²) in [5.74, 6) is -0.214. The zero-order valence-electron chi connectivity index (χ0n) is 8.57. The highest BCUT2D eigenvalue weighted by Gasteiger charge is 2.00. The standard InChI is InChI=1S/C13H12FN/c1-2-10-6-12(9-15-8-10)11-4-3-5-13(14)7-11/h3-9H,2H2,1H3. The molecule has 1 aromatic carbocycles. The number of aromatic nitrogens is 1. The summed E-state index contributed by atoms with van der Waals surface area (Å²) in [5.41, 5.74) is 3.00. The first-order valence-electron chi connectivity index (χ1n) is 4.99. The second-order valence-electron chi connectivity index (χ2n) is 3.45. The van der Waals surface area contributed by atoms with Crippen LogP contribution in [-0.4, -0.2) is 4.98 Å². The van der Waals surface area contributed by atoms with Crippen molar-refractivity contribution in [3.8, 4) is 11.1 Å². The average molecular weight is 201 g/mol. The third-order valence-electron chi connectivity index (χ3n) is 2.36. The summed E-state index contributed by atoms with van der Waals surface area (Å²) in [7, 11) is 0. The van der Waals surface area contributed by atoms with E-state index in [-0.39, 0.29) is 5.82 Å². The van der Waals surface area contributed by atoms with Gasteiger partial charge in [-0.3, -0.25) is 4.98 Å². The molecule has 0 bridgehead atoms. The van der Waals surface area contributed by atoms with E-state index in [1.54, 1.807) is 12.3 Å². The fraction of sp³-hybridized carbons (Fsp3) is 0.154. The van der Waals surface area contributed by atoms with Crippen molar-refractivity contribution in [3.05, 3.63) is 54.1 Å². The first kappa shape index (κ1) is 9.84. The lowest BCUT2D eigenvalue weighted by Gasteiger charge is -2.03. The van der Waals surface area contributed by atoms with Crippen molar-refractivity contribution in [1.29, 1.82) is 0 Å². The quantitative estimate of drug-likeness (QED) is 0.725. The number of benzene rings is 1. The molecule has 1 heterocycles. The average Bonchev–Trinajstić information content (AvgIpc) is 2.29. The molecule has 2 heteroatoms. The lowest BCUT2D eigenvalue weighted by molar-refractivity contribution is 0.628. The maximum atomic E-state index is 13.0. The van der Waals surface area contributed by atoms with Crippen LogP contribution >= 0.6 is 0 Å². The van der Waals surface area contributed by atoms with Gasteiger partial charge in [0, 0.05) is 18.0 Å². The van der Waals surface area contributed by atoms with E-state index in [0.29, 0.717) is 0 Å². The topological polar surface area (TPSA) is 12.9 Å². The lowest BCUT2D eigenvalue weighted by Crippen LogP contribution is -1.86. The van der Waals surface area contributed by atoms with Gasteiger partial charge in [0.05, 0.1) is 0 Å². The van der Waals surface area contributed by atoms with Crippen molar-refractivity contribution in [2.45, 2.75) is 13.3 Å². The molecule has 0 unspecified atom stereocenters. The van der Waals surface area contributed by atoms with E-state index >= 15 is 0 Å². The highest BCUT2D eigenvalue weighted by molar-refractivity contribution is 5.62. The molecule has 0 aliphatic heterocycles. The summed E-state index contributed by atoms with van der Waals surface area (Å²) in [6, 6.07) is 8.61. The van der Waals surface area contributed by atoms with Gasteiger partial charge in [0.15, 0.2) is 0 Å². The van der Waals surface area contributed by atoms with E-state index < -0.39 is 0 Å². The van der Waals surface area contributed by atoms with Crippen LogP contribution in [-0.2, 0) is 6.42 Å². The lowest BCUT2D eigenvalue weighted by atomic mass is 10.1. The maximum absolute atomic E-state index is 13.0. The van der Waals surface area contributed by atoms with Crippen molar-refractivity contribution in [2.75, 3.05) is 0 Å². The van der Waals surface area contributed by atoms with Crippen molar-refractivity contribution >= 4 is 0 Å². The minimum atomic E-state index is -0.214. The molecule has 0 fully saturated rings. The second-order valence-corrected chi connectivity index (χ2v) is 3.45. The molecule has 76 valence electrons. The molecule has 0 atom stereocenters. The monoisotopic (exact) mass is 201 g/mol. The van der Waals surface area contributed by atoms with E-state index in [1.807, 2.05) is 18.3 Å². The fourth-order valence-corrected chi connectivity index (χ4v) is 1.51. The van der Waals surface area contributed by atoms with Gasteiger partial charge in [0.2, 0.25) is 0 Å². The molecular formula is C13H12FN. The number of hydrogen-bond acceptors (Lipinski definition) is 1. The molecule has 0 saturated carbocycles. The molecule has 0 aliphatic carbocycles. The molecule has 2 aromatic rings. The fourth-order valence-electron chi connectivity index (χ4n) is 1.51. The van der Waals surface area contributed by atoms with E-state index in [2.05, 4.69) is 11.9 Å². The Morgan fingerprint density at radius 2 is 2.00 bits per heavy atom. The number of pyridine rings is 1. The van der Waals surface area contributed by atoms with Gasteiger partial charge in [-0.2, -0.15) is 0 Å². The number of nitrogens with zero attached hydrogens (tertiary/aromatic N) is 1. The zero-order valence-corrected chi connectivity index (χ0v) is 8.57. The minimum Gasteiger partial charge on any atom is -0.264 e. The van der Waals surface area contributed by atoms with Gasteiger partial charge in [-0.25, -0.2) is 4.39 Å². The van der Waals surface area contributed by atoms with E-state index in [4.69, 9.17) is 0 Å². The number of hydrogen-bond donors (Lipinski definition) is 0. The summed E-state index contributed by atoms with van der Waals surface area (Å²) in [5, 5.41) is 0. The van der Waals surface area contributed by atoms with Crippen LogP contribution in [0.25, 0.3) is 11.1 Å². The van der Waals surface area contributed by atoms with Gasteiger partial charge in [-0.15, -0.1) is 0 Å². The van der Waals surface area contributed by atoms with Crippen LogP contribution in [0.4, 0.5) is 4.39 Å². The molecule has 0 radical (unpaired) electrons. The molecule has 2 rings (SSSR count). The Morgan fingerprint density at radius 3 is 2.73 bits per heavy atom. The Kier molecular flexibility index (Phi) is 2.77.